The van der Waals surface area contributed by atoms with Crippen molar-refractivity contribution in [1.82, 2.24) is 14.8 Å². The lowest BCUT2D eigenvalue weighted by atomic mass is 10.1. The van der Waals surface area contributed by atoms with Gasteiger partial charge in [-0.05, 0) is 30.2 Å². The van der Waals surface area contributed by atoms with E-state index in [0.29, 0.717) is 18.7 Å². The van der Waals surface area contributed by atoms with Gasteiger partial charge < -0.3 is 19.5 Å². The predicted octanol–water partition coefficient (Wildman–Crippen LogP) is 3.70. The molecule has 0 unspecified atom stereocenters. The quantitative estimate of drug-likeness (QED) is 0.547. The number of halogens is 3. The number of rotatable bonds is 8. The summed E-state index contributed by atoms with van der Waals surface area (Å²) in [7, 11) is 3.97. The number of nitrogens with zero attached hydrogens (tertiary/aromatic N) is 3. The molecule has 0 spiro atoms. The first-order valence-electron chi connectivity index (χ1n) is 9.10. The molecule has 8 heteroatoms. The number of benzene rings is 1. The highest BCUT2D eigenvalue weighted by atomic mass is 19.4. The van der Waals surface area contributed by atoms with Crippen molar-refractivity contribution in [3.8, 4) is 0 Å². The normalized spacial score (nSPS) is 12.3. The van der Waals surface area contributed by atoms with Gasteiger partial charge in [-0.15, -0.1) is 0 Å². The van der Waals surface area contributed by atoms with Gasteiger partial charge in [-0.1, -0.05) is 24.3 Å². The van der Waals surface area contributed by atoms with E-state index in [2.05, 4.69) is 20.9 Å². The van der Waals surface area contributed by atoms with Crippen LogP contribution in [0.1, 0.15) is 23.7 Å². The van der Waals surface area contributed by atoms with Gasteiger partial charge in [-0.25, -0.2) is 4.99 Å². The Labute approximate surface area is 163 Å². The van der Waals surface area contributed by atoms with Crippen LogP contribution in [0.3, 0.4) is 0 Å². The number of ether oxygens (including phenoxy) is 1. The van der Waals surface area contributed by atoms with E-state index in [1.165, 1.54) is 0 Å². The lowest BCUT2D eigenvalue weighted by Crippen LogP contribution is -2.38. The third kappa shape index (κ3) is 7.26. The second-order valence-electron chi connectivity index (χ2n) is 6.56. The molecule has 0 radical (unpaired) electrons. The molecule has 2 rings (SSSR count). The standard InChI is InChI=1S/C20H27F3N4O/c1-4-24-19(27(3)13-18-9-6-10-26(18)2)25-12-16-7-5-8-17(11-16)14-28-15-20(21,22)23/h5-11H,4,12-15H2,1-3H3,(H,24,25). The SMILES string of the molecule is CCNC(=NCc1cccc(COCC(F)(F)F)c1)N(C)Cc1cccn1C. The summed E-state index contributed by atoms with van der Waals surface area (Å²) < 4.78 is 43.4. The average molecular weight is 396 g/mol. The third-order valence-electron chi connectivity index (χ3n) is 4.08. The zero-order valence-corrected chi connectivity index (χ0v) is 16.5. The fourth-order valence-electron chi connectivity index (χ4n) is 2.72. The number of nitrogens with one attached hydrogen (secondary N) is 1. The maximum Gasteiger partial charge on any atom is 0.411 e. The highest BCUT2D eigenvalue weighted by Gasteiger charge is 2.27. The van der Waals surface area contributed by atoms with Crippen LogP contribution in [-0.2, 0) is 31.5 Å². The van der Waals surface area contributed by atoms with E-state index in [4.69, 9.17) is 4.74 Å². The lowest BCUT2D eigenvalue weighted by molar-refractivity contribution is -0.176. The highest BCUT2D eigenvalue weighted by molar-refractivity contribution is 5.79. The van der Waals surface area contributed by atoms with Crippen LogP contribution in [-0.4, -0.2) is 41.8 Å². The van der Waals surface area contributed by atoms with Crippen molar-refractivity contribution in [1.29, 1.82) is 0 Å². The first-order chi connectivity index (χ1) is 13.3. The van der Waals surface area contributed by atoms with Crippen LogP contribution in [0.15, 0.2) is 47.6 Å². The Kier molecular flexibility index (Phi) is 7.92. The number of aryl methyl sites for hydroxylation is 1. The number of hydrogen-bond acceptors (Lipinski definition) is 2. The van der Waals surface area contributed by atoms with Crippen LogP contribution in [0.4, 0.5) is 13.2 Å². The Balaban J connectivity index is 1.99. The summed E-state index contributed by atoms with van der Waals surface area (Å²) in [5.74, 6) is 0.766. The molecule has 1 aromatic carbocycles. The summed E-state index contributed by atoms with van der Waals surface area (Å²) in [6.45, 7) is 2.55. The smallest absolute Gasteiger partial charge is 0.367 e. The van der Waals surface area contributed by atoms with Crippen molar-refractivity contribution in [2.75, 3.05) is 20.2 Å². The van der Waals surface area contributed by atoms with Gasteiger partial charge in [0.05, 0.1) is 19.7 Å². The molecule has 1 aromatic heterocycles. The van der Waals surface area contributed by atoms with E-state index in [1.54, 1.807) is 12.1 Å². The summed E-state index contributed by atoms with van der Waals surface area (Å²) in [4.78, 5) is 6.69. The van der Waals surface area contributed by atoms with Crippen molar-refractivity contribution < 1.29 is 17.9 Å². The summed E-state index contributed by atoms with van der Waals surface area (Å²) in [6.07, 6.45) is -2.31. The van der Waals surface area contributed by atoms with E-state index < -0.39 is 12.8 Å². The number of hydrogen-bond donors (Lipinski definition) is 1. The molecule has 2 aromatic rings. The van der Waals surface area contributed by atoms with Crippen molar-refractivity contribution in [3.05, 3.63) is 59.4 Å². The van der Waals surface area contributed by atoms with Crippen molar-refractivity contribution >= 4 is 5.96 Å². The van der Waals surface area contributed by atoms with Gasteiger partial charge in [0.15, 0.2) is 5.96 Å². The zero-order valence-electron chi connectivity index (χ0n) is 16.5. The first-order valence-corrected chi connectivity index (χ1v) is 9.10. The molecule has 154 valence electrons. The van der Waals surface area contributed by atoms with Gasteiger partial charge in [0.25, 0.3) is 0 Å². The van der Waals surface area contributed by atoms with Crippen molar-refractivity contribution in [2.45, 2.75) is 32.8 Å². The molecule has 0 saturated heterocycles. The Hall–Kier alpha value is -2.48. The Morgan fingerprint density at radius 1 is 1.21 bits per heavy atom. The molecule has 0 amide bonds. The van der Waals surface area contributed by atoms with Crippen LogP contribution in [0.5, 0.6) is 0 Å². The summed E-state index contributed by atoms with van der Waals surface area (Å²) in [5.41, 5.74) is 2.77. The first kappa shape index (κ1) is 21.8. The van der Waals surface area contributed by atoms with Gasteiger partial charge in [-0.3, -0.25) is 0 Å². The second kappa shape index (κ2) is 10.2. The molecule has 0 atom stereocenters. The molecule has 0 saturated carbocycles. The number of guanidine groups is 1. The van der Waals surface area contributed by atoms with Crippen LogP contribution in [0, 0.1) is 0 Å². The summed E-state index contributed by atoms with van der Waals surface area (Å²) >= 11 is 0. The van der Waals surface area contributed by atoms with E-state index in [0.717, 1.165) is 23.8 Å². The summed E-state index contributed by atoms with van der Waals surface area (Å²) in [5, 5.41) is 3.27. The molecule has 0 fully saturated rings. The average Bonchev–Trinajstić information content (AvgIpc) is 3.02. The zero-order chi connectivity index (χ0) is 20.6. The molecule has 0 aliphatic rings. The minimum absolute atomic E-state index is 0.0788. The van der Waals surface area contributed by atoms with E-state index in [-0.39, 0.29) is 6.61 Å². The summed E-state index contributed by atoms with van der Waals surface area (Å²) in [6, 6.07) is 11.3. The number of aromatic nitrogens is 1. The number of alkyl halides is 3. The van der Waals surface area contributed by atoms with Gasteiger partial charge >= 0.3 is 6.18 Å². The minimum Gasteiger partial charge on any atom is -0.367 e. The van der Waals surface area contributed by atoms with Crippen molar-refractivity contribution in [3.63, 3.8) is 0 Å². The predicted molar refractivity (Wildman–Crippen MR) is 104 cm³/mol. The van der Waals surface area contributed by atoms with Gasteiger partial charge in [0.1, 0.15) is 6.61 Å². The molecule has 1 N–H and O–H groups in total. The van der Waals surface area contributed by atoms with E-state index in [1.807, 2.05) is 50.3 Å². The molecule has 0 aliphatic heterocycles. The van der Waals surface area contributed by atoms with Crippen LogP contribution in [0.2, 0.25) is 0 Å². The largest absolute Gasteiger partial charge is 0.411 e. The fourth-order valence-corrected chi connectivity index (χ4v) is 2.72. The molecular formula is C20H27F3N4O. The Bertz CT molecular complexity index is 771. The van der Waals surface area contributed by atoms with Crippen LogP contribution < -0.4 is 5.32 Å². The third-order valence-corrected chi connectivity index (χ3v) is 4.08. The monoisotopic (exact) mass is 396 g/mol. The maximum absolute atomic E-state index is 12.2. The molecule has 1 heterocycles. The van der Waals surface area contributed by atoms with Gasteiger partial charge in [0, 0.05) is 32.5 Å². The van der Waals surface area contributed by atoms with E-state index >= 15 is 0 Å². The van der Waals surface area contributed by atoms with Crippen molar-refractivity contribution in [2.24, 2.45) is 12.0 Å². The van der Waals surface area contributed by atoms with E-state index in [9.17, 15) is 13.2 Å². The maximum atomic E-state index is 12.2. The van der Waals surface area contributed by atoms with Gasteiger partial charge in [-0.2, -0.15) is 13.2 Å². The molecule has 28 heavy (non-hydrogen) atoms. The van der Waals surface area contributed by atoms with Crippen LogP contribution >= 0.6 is 0 Å². The Morgan fingerprint density at radius 2 is 1.96 bits per heavy atom. The number of aliphatic imine (C=N–C) groups is 1. The minimum atomic E-state index is -4.31. The fraction of sp³-hybridized carbons (Fsp3) is 0.450. The molecule has 5 nitrogen and oxygen atoms in total. The highest BCUT2D eigenvalue weighted by Crippen LogP contribution is 2.16. The van der Waals surface area contributed by atoms with Gasteiger partial charge in [0.2, 0.25) is 0 Å². The molecule has 0 bridgehead atoms. The Morgan fingerprint density at radius 3 is 2.61 bits per heavy atom. The second-order valence-corrected chi connectivity index (χ2v) is 6.56. The molecular weight excluding hydrogens is 369 g/mol. The topological polar surface area (TPSA) is 41.8 Å². The van der Waals surface area contributed by atoms with Crippen LogP contribution in [0.25, 0.3) is 0 Å². The lowest BCUT2D eigenvalue weighted by Gasteiger charge is -2.22. The molecule has 0 aliphatic carbocycles.